The number of thioether (sulfide) groups is 2. The molecule has 0 aromatic heterocycles. The van der Waals surface area contributed by atoms with E-state index in [-0.39, 0.29) is 36.5 Å². The third-order valence-corrected chi connectivity index (χ3v) is 7.68. The molecular formula is C40H88O18S2. The van der Waals surface area contributed by atoms with Crippen molar-refractivity contribution in [2.24, 2.45) is 0 Å². The number of rotatable bonds is 20. The van der Waals surface area contributed by atoms with E-state index >= 15 is 0 Å². The molecule has 7 unspecified atom stereocenters. The summed E-state index contributed by atoms with van der Waals surface area (Å²) < 4.78 is 66.1. The lowest BCUT2D eigenvalue weighted by atomic mass is 10.4. The van der Waals surface area contributed by atoms with Crippen molar-refractivity contribution in [3.8, 4) is 0 Å². The summed E-state index contributed by atoms with van der Waals surface area (Å²) >= 11 is 3.43. The molecule has 20 heteroatoms. The summed E-state index contributed by atoms with van der Waals surface area (Å²) in [5.41, 5.74) is 0.718. The molecule has 0 bridgehead atoms. The Balaban J connectivity index is -0.0000000862. The van der Waals surface area contributed by atoms with Crippen molar-refractivity contribution in [2.75, 3.05) is 95.8 Å². The summed E-state index contributed by atoms with van der Waals surface area (Å²) in [6.07, 6.45) is 2.24. The molecule has 0 aromatic rings. The number of hydrogen-bond donors (Lipinski definition) is 0. The van der Waals surface area contributed by atoms with Crippen LogP contribution in [-0.4, -0.2) is 168 Å². The van der Waals surface area contributed by atoms with Gasteiger partial charge in [-0.2, -0.15) is 0 Å². The zero-order valence-electron chi connectivity index (χ0n) is 41.6. The van der Waals surface area contributed by atoms with E-state index < -0.39 is 24.8 Å². The van der Waals surface area contributed by atoms with E-state index in [4.69, 9.17) is 28.4 Å². The highest BCUT2D eigenvalue weighted by Gasteiger charge is 2.11. The highest BCUT2D eigenvalue weighted by Crippen LogP contribution is 2.05. The number of methoxy groups -OCH3 is 8. The van der Waals surface area contributed by atoms with Crippen LogP contribution in [0, 0.1) is 0 Å². The van der Waals surface area contributed by atoms with Crippen LogP contribution in [-0.2, 0) is 85.5 Å². The number of hydrogen-bond acceptors (Lipinski definition) is 20. The fourth-order valence-corrected chi connectivity index (χ4v) is 2.79. The molecule has 368 valence electrons. The number of esters is 4. The van der Waals surface area contributed by atoms with Gasteiger partial charge in [-0.15, -0.1) is 23.5 Å². The number of carbonyl (C=O) groups excluding carboxylic acids is 4. The molecule has 0 fully saturated rings. The van der Waals surface area contributed by atoms with Crippen LogP contribution in [0.5, 0.6) is 0 Å². The lowest BCUT2D eigenvalue weighted by molar-refractivity contribution is -0.171. The van der Waals surface area contributed by atoms with E-state index in [2.05, 4.69) is 37.9 Å². The Morgan fingerprint density at radius 1 is 0.400 bits per heavy atom. The normalized spacial score (nSPS) is 13.0. The fourth-order valence-electron chi connectivity index (χ4n) is 2.33. The van der Waals surface area contributed by atoms with Crippen LogP contribution in [0.2, 0.25) is 0 Å². The standard InChI is InChI=1S/2C6H12O3.2C5H10O3.C5H12O2.C5H12OS.C4H10O2.C4H10OS/c1-4-9-5(2)6(7)8-3;1-4-8-6(3)9-5(2)7;1-4(7-2)5(6)8-3;1-4(6)8-5(2)7-3;1-4-7-5(2)6-3;1-4-6-5(2)7-3;2*1-4(5-2)6-3/h5H,4H2,1-3H3;6H,4H2,1-3H3;4H,1-3H3;5H,1-3H3;2*5H,4H2,1-3H3;2*4H,1-3H3. The first-order valence-electron chi connectivity index (χ1n) is 19.2. The topological polar surface area (TPSA) is 197 Å². The Hall–Kier alpha value is -1.82. The van der Waals surface area contributed by atoms with E-state index in [1.165, 1.54) is 42.3 Å². The van der Waals surface area contributed by atoms with E-state index in [9.17, 15) is 19.2 Å². The van der Waals surface area contributed by atoms with Crippen LogP contribution >= 0.6 is 23.5 Å². The number of ether oxygens (including phenoxy) is 14. The molecule has 0 aromatic carbocycles. The highest BCUT2D eigenvalue weighted by molar-refractivity contribution is 7.99. The van der Waals surface area contributed by atoms with Crippen LogP contribution in [0.3, 0.4) is 0 Å². The van der Waals surface area contributed by atoms with Crippen molar-refractivity contribution in [1.29, 1.82) is 0 Å². The SMILES string of the molecule is CCOC(C)C(=O)OC.CCOC(C)OC.CCOC(C)OC(C)=O.CCOC(C)SC.COC(=O)C(C)OC.COC(C)OC.COC(C)OC(C)=O.COC(C)SC. The summed E-state index contributed by atoms with van der Waals surface area (Å²) in [7, 11) is 12.2. The molecule has 0 heterocycles. The molecule has 60 heavy (non-hydrogen) atoms. The van der Waals surface area contributed by atoms with Crippen molar-refractivity contribution in [2.45, 2.75) is 145 Å². The third kappa shape index (κ3) is 80.2. The van der Waals surface area contributed by atoms with Crippen LogP contribution in [0.25, 0.3) is 0 Å². The van der Waals surface area contributed by atoms with Crippen LogP contribution < -0.4 is 0 Å². The van der Waals surface area contributed by atoms with Gasteiger partial charge in [0.15, 0.2) is 37.4 Å². The molecule has 0 spiro atoms. The van der Waals surface area contributed by atoms with Crippen molar-refractivity contribution >= 4 is 47.4 Å². The molecular weight excluding hydrogens is 833 g/mol. The highest BCUT2D eigenvalue weighted by atomic mass is 32.2. The minimum atomic E-state index is -0.444. The third-order valence-electron chi connectivity index (χ3n) is 6.03. The molecule has 0 N–H and O–H groups in total. The predicted molar refractivity (Wildman–Crippen MR) is 239 cm³/mol. The van der Waals surface area contributed by atoms with Crippen molar-refractivity contribution in [3.05, 3.63) is 0 Å². The first-order chi connectivity index (χ1) is 28.0. The first-order valence-corrected chi connectivity index (χ1v) is 21.8. The molecule has 0 aliphatic heterocycles. The van der Waals surface area contributed by atoms with Crippen molar-refractivity contribution < 1.29 is 85.5 Å². The fraction of sp³-hybridized carbons (Fsp3) is 0.900. The molecule has 0 aliphatic rings. The molecule has 0 aliphatic carbocycles. The minimum absolute atomic E-state index is 0.0509. The zero-order valence-corrected chi connectivity index (χ0v) is 43.2. The van der Waals surface area contributed by atoms with Crippen LogP contribution in [0.4, 0.5) is 0 Å². The van der Waals surface area contributed by atoms with Gasteiger partial charge in [-0.05, 0) is 95.6 Å². The second kappa shape index (κ2) is 61.5. The summed E-state index contributed by atoms with van der Waals surface area (Å²) in [6.45, 7) is 27.4. The smallest absolute Gasteiger partial charge is 0.334 e. The van der Waals surface area contributed by atoms with Crippen molar-refractivity contribution in [3.63, 3.8) is 0 Å². The zero-order chi connectivity index (χ0) is 49.1. The Morgan fingerprint density at radius 2 is 0.733 bits per heavy atom. The quantitative estimate of drug-likeness (QED) is 0.0689. The van der Waals surface area contributed by atoms with E-state index in [1.807, 2.05) is 67.9 Å². The maximum absolute atomic E-state index is 10.6. The van der Waals surface area contributed by atoms with E-state index in [1.54, 1.807) is 79.7 Å². The molecule has 0 rings (SSSR count). The molecule has 0 saturated heterocycles. The Labute approximate surface area is 372 Å². The molecule has 0 saturated carbocycles. The lowest BCUT2D eigenvalue weighted by Crippen LogP contribution is -2.21. The first kappa shape index (κ1) is 75.5. The van der Waals surface area contributed by atoms with Crippen LogP contribution in [0.1, 0.15) is 96.9 Å². The Kier molecular flexibility index (Phi) is 77.4. The summed E-state index contributed by atoms with van der Waals surface area (Å²) in [6, 6.07) is 0. The maximum Gasteiger partial charge on any atom is 0.334 e. The maximum atomic E-state index is 10.6. The number of carbonyl (C=O) groups is 4. The van der Waals surface area contributed by atoms with Gasteiger partial charge in [0.2, 0.25) is 0 Å². The van der Waals surface area contributed by atoms with Gasteiger partial charge in [-0.1, -0.05) is 0 Å². The van der Waals surface area contributed by atoms with E-state index in [0.717, 1.165) is 13.2 Å². The second-order valence-electron chi connectivity index (χ2n) is 10.7. The molecule has 0 amide bonds. The largest absolute Gasteiger partial charge is 0.467 e. The van der Waals surface area contributed by atoms with E-state index in [0.29, 0.717) is 24.1 Å². The van der Waals surface area contributed by atoms with Gasteiger partial charge in [0.05, 0.1) is 25.1 Å². The van der Waals surface area contributed by atoms with Gasteiger partial charge in [0, 0.05) is 82.9 Å². The minimum Gasteiger partial charge on any atom is -0.467 e. The summed E-state index contributed by atoms with van der Waals surface area (Å²) in [4.78, 5) is 41.3. The van der Waals surface area contributed by atoms with Gasteiger partial charge in [-0.25, -0.2) is 9.59 Å². The lowest BCUT2D eigenvalue weighted by Gasteiger charge is -2.09. The Bertz CT molecular complexity index is 846. The molecule has 18 nitrogen and oxygen atoms in total. The average molecular weight is 921 g/mol. The molecule has 0 radical (unpaired) electrons. The van der Waals surface area contributed by atoms with Gasteiger partial charge in [0.25, 0.3) is 0 Å². The van der Waals surface area contributed by atoms with Gasteiger partial charge in [0.1, 0.15) is 0 Å². The Morgan fingerprint density at radius 3 is 0.900 bits per heavy atom. The average Bonchev–Trinajstić information content (AvgIpc) is 3.23. The monoisotopic (exact) mass is 921 g/mol. The van der Waals surface area contributed by atoms with Crippen LogP contribution in [0.15, 0.2) is 0 Å². The molecule has 7 atom stereocenters. The summed E-state index contributed by atoms with van der Waals surface area (Å²) in [5, 5.41) is 0. The predicted octanol–water partition coefficient (Wildman–Crippen LogP) is 6.97. The second-order valence-corrected chi connectivity index (χ2v) is 12.9. The summed E-state index contributed by atoms with van der Waals surface area (Å²) in [5.74, 6) is -1.29. The van der Waals surface area contributed by atoms with Crippen molar-refractivity contribution in [1.82, 2.24) is 0 Å². The van der Waals surface area contributed by atoms with Gasteiger partial charge < -0.3 is 66.3 Å². The van der Waals surface area contributed by atoms with Gasteiger partial charge in [-0.3, -0.25) is 9.59 Å². The van der Waals surface area contributed by atoms with Gasteiger partial charge >= 0.3 is 23.9 Å².